The lowest BCUT2D eigenvalue weighted by Crippen LogP contribution is -2.24. The molecule has 0 bridgehead atoms. The molecule has 1 unspecified atom stereocenters. The van der Waals surface area contributed by atoms with Gasteiger partial charge in [-0.15, -0.1) is 0 Å². The minimum atomic E-state index is 0.490. The van der Waals surface area contributed by atoms with Gasteiger partial charge in [0.05, 0.1) is 0 Å². The maximum absolute atomic E-state index is 6.22. The third-order valence-electron chi connectivity index (χ3n) is 4.42. The first-order valence-electron chi connectivity index (χ1n) is 7.61. The Morgan fingerprint density at radius 3 is 2.53 bits per heavy atom. The van der Waals surface area contributed by atoms with Crippen molar-refractivity contribution >= 4 is 11.6 Å². The molecule has 1 aliphatic rings. The molecule has 1 aliphatic carbocycles. The number of hydrogen-bond acceptors (Lipinski definition) is 1. The third-order valence-corrected chi connectivity index (χ3v) is 4.82. The number of halogens is 1. The first-order chi connectivity index (χ1) is 9.11. The molecule has 0 aromatic heterocycles. The van der Waals surface area contributed by atoms with Crippen LogP contribution in [0.5, 0.6) is 0 Å². The molecule has 1 N–H and O–H groups in total. The van der Waals surface area contributed by atoms with Gasteiger partial charge in [-0.1, -0.05) is 50.3 Å². The topological polar surface area (TPSA) is 12.0 Å². The van der Waals surface area contributed by atoms with Gasteiger partial charge in [-0.25, -0.2) is 0 Å². The zero-order chi connectivity index (χ0) is 13.8. The highest BCUT2D eigenvalue weighted by atomic mass is 35.5. The fourth-order valence-corrected chi connectivity index (χ4v) is 3.54. The molecule has 1 aromatic carbocycles. The second-order valence-corrected chi connectivity index (χ2v) is 6.36. The second kappa shape index (κ2) is 6.76. The largest absolute Gasteiger partial charge is 0.310 e. The first-order valence-corrected chi connectivity index (χ1v) is 7.99. The van der Waals surface area contributed by atoms with Gasteiger partial charge < -0.3 is 5.32 Å². The highest BCUT2D eigenvalue weighted by Crippen LogP contribution is 2.35. The van der Waals surface area contributed by atoms with E-state index >= 15 is 0 Å². The van der Waals surface area contributed by atoms with Crippen molar-refractivity contribution in [1.29, 1.82) is 0 Å². The Bertz CT molecular complexity index is 422. The predicted molar refractivity (Wildman–Crippen MR) is 83.9 cm³/mol. The van der Waals surface area contributed by atoms with E-state index in [9.17, 15) is 0 Å². The van der Waals surface area contributed by atoms with E-state index in [-0.39, 0.29) is 0 Å². The number of aryl methyl sites for hydroxylation is 2. The van der Waals surface area contributed by atoms with Crippen LogP contribution in [0.25, 0.3) is 0 Å². The van der Waals surface area contributed by atoms with Crippen molar-refractivity contribution in [2.24, 2.45) is 5.92 Å². The molecule has 0 heterocycles. The Balaban J connectivity index is 2.19. The van der Waals surface area contributed by atoms with Crippen LogP contribution in [0, 0.1) is 19.8 Å². The minimum Gasteiger partial charge on any atom is -0.310 e. The minimum absolute atomic E-state index is 0.490. The van der Waals surface area contributed by atoms with Gasteiger partial charge in [-0.2, -0.15) is 0 Å². The molecule has 1 saturated carbocycles. The molecule has 1 atom stereocenters. The van der Waals surface area contributed by atoms with Crippen molar-refractivity contribution in [2.45, 2.75) is 58.9 Å². The summed E-state index contributed by atoms with van der Waals surface area (Å²) in [6.07, 6.45) is 6.93. The summed E-state index contributed by atoms with van der Waals surface area (Å²) in [6, 6.07) is 4.88. The Labute approximate surface area is 122 Å². The van der Waals surface area contributed by atoms with E-state index in [4.69, 9.17) is 11.6 Å². The number of benzene rings is 1. The molecular weight excluding hydrogens is 254 g/mol. The van der Waals surface area contributed by atoms with Crippen molar-refractivity contribution in [1.82, 2.24) is 5.32 Å². The van der Waals surface area contributed by atoms with E-state index in [1.807, 2.05) is 0 Å². The Hall–Kier alpha value is -0.530. The Morgan fingerprint density at radius 2 is 1.89 bits per heavy atom. The molecule has 19 heavy (non-hydrogen) atoms. The molecule has 2 rings (SSSR count). The van der Waals surface area contributed by atoms with E-state index in [1.165, 1.54) is 48.8 Å². The van der Waals surface area contributed by atoms with Gasteiger partial charge in [0.2, 0.25) is 0 Å². The van der Waals surface area contributed by atoms with E-state index in [0.717, 1.165) is 17.5 Å². The predicted octanol–water partition coefficient (Wildman–Crippen LogP) is 5.19. The molecule has 1 aromatic rings. The van der Waals surface area contributed by atoms with Crippen LogP contribution in [0.1, 0.15) is 61.8 Å². The monoisotopic (exact) mass is 279 g/mol. The van der Waals surface area contributed by atoms with Crippen LogP contribution >= 0.6 is 11.6 Å². The molecule has 0 radical (unpaired) electrons. The van der Waals surface area contributed by atoms with Crippen molar-refractivity contribution in [3.63, 3.8) is 0 Å². The first kappa shape index (κ1) is 14.9. The van der Waals surface area contributed by atoms with Crippen LogP contribution in [0.4, 0.5) is 0 Å². The smallest absolute Gasteiger partial charge is 0.0438 e. The van der Waals surface area contributed by atoms with Gasteiger partial charge >= 0.3 is 0 Å². The van der Waals surface area contributed by atoms with Crippen LogP contribution in [-0.2, 0) is 0 Å². The Morgan fingerprint density at radius 1 is 1.21 bits per heavy atom. The van der Waals surface area contributed by atoms with E-state index < -0.39 is 0 Å². The lowest BCUT2D eigenvalue weighted by atomic mass is 9.90. The zero-order valence-electron chi connectivity index (χ0n) is 12.4. The van der Waals surface area contributed by atoms with E-state index in [2.05, 4.69) is 38.2 Å². The molecular formula is C17H26ClN. The van der Waals surface area contributed by atoms with E-state index in [1.54, 1.807) is 0 Å². The summed E-state index contributed by atoms with van der Waals surface area (Å²) in [4.78, 5) is 0. The van der Waals surface area contributed by atoms with Gasteiger partial charge in [0.1, 0.15) is 0 Å². The zero-order valence-corrected chi connectivity index (χ0v) is 13.2. The maximum Gasteiger partial charge on any atom is 0.0438 e. The van der Waals surface area contributed by atoms with Crippen molar-refractivity contribution < 1.29 is 0 Å². The fourth-order valence-electron chi connectivity index (χ4n) is 3.32. The van der Waals surface area contributed by atoms with Gasteiger partial charge in [0.25, 0.3) is 0 Å². The Kier molecular flexibility index (Phi) is 5.29. The highest BCUT2D eigenvalue weighted by Gasteiger charge is 2.22. The number of nitrogens with one attached hydrogen (secondary N) is 1. The normalized spacial score (nSPS) is 17.9. The second-order valence-electron chi connectivity index (χ2n) is 5.95. The van der Waals surface area contributed by atoms with Crippen molar-refractivity contribution in [3.8, 4) is 0 Å². The highest BCUT2D eigenvalue weighted by molar-refractivity contribution is 6.31. The van der Waals surface area contributed by atoms with Gasteiger partial charge in [0, 0.05) is 11.1 Å². The average Bonchev–Trinajstić information content (AvgIpc) is 2.86. The summed E-state index contributed by atoms with van der Waals surface area (Å²) in [5.74, 6) is 0.902. The summed E-state index contributed by atoms with van der Waals surface area (Å²) in [6.45, 7) is 7.50. The lowest BCUT2D eigenvalue weighted by Gasteiger charge is -2.24. The molecule has 0 amide bonds. The van der Waals surface area contributed by atoms with Crippen LogP contribution in [0.3, 0.4) is 0 Å². The van der Waals surface area contributed by atoms with Crippen molar-refractivity contribution in [2.75, 3.05) is 6.54 Å². The quantitative estimate of drug-likeness (QED) is 0.782. The molecule has 0 saturated heterocycles. The van der Waals surface area contributed by atoms with E-state index in [0.29, 0.717) is 6.04 Å². The molecule has 1 nitrogen and oxygen atoms in total. The van der Waals surface area contributed by atoms with Crippen LogP contribution < -0.4 is 5.32 Å². The SMILES string of the molecule is CCNC(CC1CCCC1)c1cc(C)c(Cl)cc1C. The number of hydrogen-bond donors (Lipinski definition) is 1. The fraction of sp³-hybridized carbons (Fsp3) is 0.647. The number of rotatable bonds is 5. The summed E-state index contributed by atoms with van der Waals surface area (Å²) in [5, 5.41) is 4.56. The molecule has 0 spiro atoms. The maximum atomic E-state index is 6.22. The van der Waals surface area contributed by atoms with Gasteiger partial charge in [-0.05, 0) is 55.5 Å². The molecule has 1 fully saturated rings. The molecule has 106 valence electrons. The van der Waals surface area contributed by atoms with Crippen LogP contribution in [0.15, 0.2) is 12.1 Å². The summed E-state index contributed by atoms with van der Waals surface area (Å²) >= 11 is 6.22. The lowest BCUT2D eigenvalue weighted by molar-refractivity contribution is 0.399. The average molecular weight is 280 g/mol. The van der Waals surface area contributed by atoms with Gasteiger partial charge in [0.15, 0.2) is 0 Å². The summed E-state index contributed by atoms with van der Waals surface area (Å²) in [7, 11) is 0. The summed E-state index contributed by atoms with van der Waals surface area (Å²) in [5.41, 5.74) is 3.95. The standard InChI is InChI=1S/C17H26ClN/c1-4-19-17(11-14-7-5-6-8-14)15-9-13(3)16(18)10-12(15)2/h9-10,14,17,19H,4-8,11H2,1-3H3. The van der Waals surface area contributed by atoms with Crippen molar-refractivity contribution in [3.05, 3.63) is 33.8 Å². The molecule has 0 aliphatic heterocycles. The third kappa shape index (κ3) is 3.73. The van der Waals surface area contributed by atoms with Gasteiger partial charge in [-0.3, -0.25) is 0 Å². The van der Waals surface area contributed by atoms with Crippen LogP contribution in [0.2, 0.25) is 5.02 Å². The molecule has 2 heteroatoms. The van der Waals surface area contributed by atoms with Crippen LogP contribution in [-0.4, -0.2) is 6.54 Å². The summed E-state index contributed by atoms with van der Waals surface area (Å²) < 4.78 is 0.